The van der Waals surface area contributed by atoms with Crippen molar-refractivity contribution in [1.82, 2.24) is 19.5 Å². The Kier molecular flexibility index (Phi) is 2.71. The summed E-state index contributed by atoms with van der Waals surface area (Å²) in [6.45, 7) is -0.240. The number of nitrogens with two attached hydrogens (primary N) is 1. The van der Waals surface area contributed by atoms with E-state index >= 15 is 0 Å². The summed E-state index contributed by atoms with van der Waals surface area (Å²) in [5.41, 5.74) is 6.93. The Morgan fingerprint density at radius 1 is 1.44 bits per heavy atom. The van der Waals surface area contributed by atoms with Crippen molar-refractivity contribution in [3.8, 4) is 0 Å². The molecule has 3 heterocycles. The highest BCUT2D eigenvalue weighted by molar-refractivity contribution is 5.68. The van der Waals surface area contributed by atoms with Gasteiger partial charge in [0.2, 0.25) is 0 Å². The molecule has 8 heteroatoms. The first kappa shape index (κ1) is 11.5. The zero-order chi connectivity index (χ0) is 12.7. The SMILES string of the molecule is N[C@@H]1C(O)[C@H](n2cnc3cncnc32)O[C@@H]1CO. The van der Waals surface area contributed by atoms with Crippen LogP contribution in [0.3, 0.4) is 0 Å². The molecule has 0 radical (unpaired) electrons. The molecule has 96 valence electrons. The minimum atomic E-state index is -0.922. The van der Waals surface area contributed by atoms with Crippen molar-refractivity contribution in [2.24, 2.45) is 5.73 Å². The molecule has 1 aliphatic heterocycles. The van der Waals surface area contributed by atoms with Gasteiger partial charge in [0.05, 0.1) is 25.2 Å². The number of hydrogen-bond acceptors (Lipinski definition) is 7. The van der Waals surface area contributed by atoms with Gasteiger partial charge in [0.15, 0.2) is 11.9 Å². The summed E-state index contributed by atoms with van der Waals surface area (Å²) in [5.74, 6) is 0. The lowest BCUT2D eigenvalue weighted by Crippen LogP contribution is -2.41. The van der Waals surface area contributed by atoms with Crippen molar-refractivity contribution in [3.63, 3.8) is 0 Å². The van der Waals surface area contributed by atoms with Gasteiger partial charge in [-0.1, -0.05) is 0 Å². The molecule has 8 nitrogen and oxygen atoms in total. The highest BCUT2D eigenvalue weighted by atomic mass is 16.5. The molecule has 0 saturated carbocycles. The van der Waals surface area contributed by atoms with Crippen LogP contribution in [0.1, 0.15) is 6.23 Å². The molecule has 1 fully saturated rings. The predicted molar refractivity (Wildman–Crippen MR) is 60.3 cm³/mol. The molecule has 4 N–H and O–H groups in total. The lowest BCUT2D eigenvalue weighted by molar-refractivity contribution is -0.0488. The molecule has 0 aliphatic carbocycles. The van der Waals surface area contributed by atoms with E-state index in [4.69, 9.17) is 15.6 Å². The summed E-state index contributed by atoms with van der Waals surface area (Å²) in [6.07, 6.45) is 2.27. The van der Waals surface area contributed by atoms with Crippen LogP contribution in [-0.4, -0.2) is 54.6 Å². The molecule has 4 atom stereocenters. The zero-order valence-electron chi connectivity index (χ0n) is 9.42. The molecule has 3 rings (SSSR count). The van der Waals surface area contributed by atoms with Crippen LogP contribution in [0.2, 0.25) is 0 Å². The van der Waals surface area contributed by atoms with Crippen LogP contribution in [0.5, 0.6) is 0 Å². The van der Waals surface area contributed by atoms with Crippen LogP contribution in [0.15, 0.2) is 18.9 Å². The summed E-state index contributed by atoms with van der Waals surface area (Å²) in [5, 5.41) is 19.2. The van der Waals surface area contributed by atoms with Gasteiger partial charge in [0, 0.05) is 0 Å². The Labute approximate surface area is 102 Å². The first-order chi connectivity index (χ1) is 8.72. The lowest BCUT2D eigenvalue weighted by Gasteiger charge is -2.16. The number of imidazole rings is 1. The van der Waals surface area contributed by atoms with Gasteiger partial charge in [-0.3, -0.25) is 4.57 Å². The molecule has 1 unspecified atom stereocenters. The van der Waals surface area contributed by atoms with Crippen LogP contribution < -0.4 is 5.73 Å². The largest absolute Gasteiger partial charge is 0.394 e. The summed E-state index contributed by atoms with van der Waals surface area (Å²) < 4.78 is 7.12. The van der Waals surface area contributed by atoms with Crippen molar-refractivity contribution in [1.29, 1.82) is 0 Å². The van der Waals surface area contributed by atoms with E-state index in [1.54, 1.807) is 10.8 Å². The molecule has 1 saturated heterocycles. The number of aliphatic hydroxyl groups is 2. The van der Waals surface area contributed by atoms with Gasteiger partial charge < -0.3 is 20.7 Å². The van der Waals surface area contributed by atoms with Crippen molar-refractivity contribution in [3.05, 3.63) is 18.9 Å². The van der Waals surface area contributed by atoms with Crippen LogP contribution in [0, 0.1) is 0 Å². The van der Waals surface area contributed by atoms with Crippen molar-refractivity contribution < 1.29 is 14.9 Å². The van der Waals surface area contributed by atoms with E-state index in [0.29, 0.717) is 11.2 Å². The third-order valence-electron chi connectivity index (χ3n) is 3.12. The van der Waals surface area contributed by atoms with E-state index in [-0.39, 0.29) is 6.61 Å². The second kappa shape index (κ2) is 4.25. The van der Waals surface area contributed by atoms with Crippen molar-refractivity contribution >= 4 is 11.2 Å². The van der Waals surface area contributed by atoms with Gasteiger partial charge in [-0.25, -0.2) is 15.0 Å². The summed E-state index contributed by atoms with van der Waals surface area (Å²) >= 11 is 0. The topological polar surface area (TPSA) is 119 Å². The summed E-state index contributed by atoms with van der Waals surface area (Å²) in [6, 6.07) is -0.640. The van der Waals surface area contributed by atoms with E-state index in [1.807, 2.05) is 0 Å². The van der Waals surface area contributed by atoms with Crippen molar-refractivity contribution in [2.75, 3.05) is 6.61 Å². The van der Waals surface area contributed by atoms with Gasteiger partial charge in [0.1, 0.15) is 24.1 Å². The second-order valence-electron chi connectivity index (χ2n) is 4.20. The van der Waals surface area contributed by atoms with Gasteiger partial charge in [-0.15, -0.1) is 0 Å². The number of hydrogen-bond donors (Lipinski definition) is 3. The Hall–Kier alpha value is -1.61. The maximum Gasteiger partial charge on any atom is 0.165 e. The smallest absolute Gasteiger partial charge is 0.165 e. The van der Waals surface area contributed by atoms with Crippen LogP contribution in [-0.2, 0) is 4.74 Å². The Bertz CT molecular complexity index is 559. The normalized spacial score (nSPS) is 32.2. The monoisotopic (exact) mass is 251 g/mol. The van der Waals surface area contributed by atoms with Crippen LogP contribution >= 0.6 is 0 Å². The first-order valence-corrected chi connectivity index (χ1v) is 5.55. The van der Waals surface area contributed by atoms with E-state index in [0.717, 1.165) is 0 Å². The maximum atomic E-state index is 10.0. The molecule has 0 bridgehead atoms. The minimum absolute atomic E-state index is 0.240. The molecule has 0 amide bonds. The highest BCUT2D eigenvalue weighted by Gasteiger charge is 2.42. The molecule has 18 heavy (non-hydrogen) atoms. The quantitative estimate of drug-likeness (QED) is 0.588. The van der Waals surface area contributed by atoms with Gasteiger partial charge >= 0.3 is 0 Å². The van der Waals surface area contributed by atoms with E-state index in [2.05, 4.69) is 15.0 Å². The van der Waals surface area contributed by atoms with Crippen LogP contribution in [0.4, 0.5) is 0 Å². The van der Waals surface area contributed by atoms with E-state index in [9.17, 15) is 5.11 Å². The predicted octanol–water partition coefficient (Wildman–Crippen LogP) is -1.60. The fraction of sp³-hybridized carbons (Fsp3) is 0.500. The number of nitrogens with zero attached hydrogens (tertiary/aromatic N) is 4. The molecule has 0 aromatic carbocycles. The van der Waals surface area contributed by atoms with Gasteiger partial charge in [-0.2, -0.15) is 0 Å². The first-order valence-electron chi connectivity index (χ1n) is 5.55. The lowest BCUT2D eigenvalue weighted by atomic mass is 10.1. The highest BCUT2D eigenvalue weighted by Crippen LogP contribution is 2.29. The summed E-state index contributed by atoms with van der Waals surface area (Å²) in [7, 11) is 0. The standard InChI is InChI=1S/C10H13N5O3/c11-7-6(2-16)18-10(8(7)17)15-4-14-5-1-12-3-13-9(5)15/h1,3-4,6-8,10,16-17H,2,11H2/t6-,7+,8?,10-/m1/s1. The number of aromatic nitrogens is 4. The average molecular weight is 251 g/mol. The maximum absolute atomic E-state index is 10.0. The van der Waals surface area contributed by atoms with E-state index in [1.165, 1.54) is 12.7 Å². The third-order valence-corrected chi connectivity index (χ3v) is 3.12. The van der Waals surface area contributed by atoms with Crippen LogP contribution in [0.25, 0.3) is 11.2 Å². The van der Waals surface area contributed by atoms with Crippen molar-refractivity contribution in [2.45, 2.75) is 24.5 Å². The molecule has 2 aromatic rings. The molecule has 0 spiro atoms. The van der Waals surface area contributed by atoms with Gasteiger partial charge in [-0.05, 0) is 0 Å². The number of fused-ring (bicyclic) bond motifs is 1. The second-order valence-corrected chi connectivity index (χ2v) is 4.20. The third kappa shape index (κ3) is 1.58. The van der Waals surface area contributed by atoms with Gasteiger partial charge in [0.25, 0.3) is 0 Å². The molecular formula is C10H13N5O3. The zero-order valence-corrected chi connectivity index (χ0v) is 9.42. The summed E-state index contributed by atoms with van der Waals surface area (Å²) in [4.78, 5) is 12.1. The fourth-order valence-electron chi connectivity index (χ4n) is 2.13. The Balaban J connectivity index is 2.00. The minimum Gasteiger partial charge on any atom is -0.394 e. The number of ether oxygens (including phenoxy) is 1. The molecule has 2 aromatic heterocycles. The van der Waals surface area contributed by atoms with E-state index < -0.39 is 24.5 Å². The Morgan fingerprint density at radius 2 is 2.28 bits per heavy atom. The molecule has 1 aliphatic rings. The Morgan fingerprint density at radius 3 is 3.00 bits per heavy atom. The fourth-order valence-corrected chi connectivity index (χ4v) is 2.13. The average Bonchev–Trinajstić information content (AvgIpc) is 2.93. The number of aliphatic hydroxyl groups excluding tert-OH is 2. The number of rotatable bonds is 2. The molecular weight excluding hydrogens is 238 g/mol.